The summed E-state index contributed by atoms with van der Waals surface area (Å²) in [6, 6.07) is 31.5. The molecule has 5 rings (SSSR count). The number of nitrogens with zero attached hydrogens (tertiary/aromatic N) is 3. The highest BCUT2D eigenvalue weighted by atomic mass is 32.2. The first kappa shape index (κ1) is 31.6. The minimum atomic E-state index is -3.55. The molecule has 0 aliphatic carbocycles. The molecule has 45 heavy (non-hydrogen) atoms. The highest BCUT2D eigenvalue weighted by molar-refractivity contribution is 7.92. The van der Waals surface area contributed by atoms with Gasteiger partial charge in [-0.05, 0) is 67.1 Å². The quantitative estimate of drug-likeness (QED) is 0.162. The number of likely N-dealkylation sites (N-methyl/N-ethyl adjacent to an activating group) is 1. The SMILES string of the molecule is CCOC(=O)c1ccc2c(c1)NC(=O)C2C(=Nc1ccc(N(CCN(C)Cc2ccccc2)S(C)(=O)=O)cc1)c1ccccc1. The number of aliphatic imine (C=N–C) groups is 1. The molecule has 1 amide bonds. The molecule has 1 N–H and O–H groups in total. The molecule has 0 spiro atoms. The third kappa shape index (κ3) is 7.65. The van der Waals surface area contributed by atoms with E-state index >= 15 is 0 Å². The second kappa shape index (κ2) is 13.9. The van der Waals surface area contributed by atoms with Gasteiger partial charge in [0.1, 0.15) is 5.92 Å². The molecule has 1 unspecified atom stereocenters. The van der Waals surface area contributed by atoms with E-state index in [1.807, 2.05) is 67.7 Å². The van der Waals surface area contributed by atoms with Gasteiger partial charge in [-0.15, -0.1) is 0 Å². The molecular formula is C35H36N4O5S. The van der Waals surface area contributed by atoms with Crippen molar-refractivity contribution in [3.05, 3.63) is 125 Å². The summed E-state index contributed by atoms with van der Waals surface area (Å²) in [6.45, 7) is 3.52. The van der Waals surface area contributed by atoms with Crippen LogP contribution in [0, 0.1) is 0 Å². The Hall–Kier alpha value is -4.80. The fourth-order valence-corrected chi connectivity index (χ4v) is 6.25. The average Bonchev–Trinajstić information content (AvgIpc) is 3.35. The zero-order valence-electron chi connectivity index (χ0n) is 25.5. The summed E-state index contributed by atoms with van der Waals surface area (Å²) >= 11 is 0. The lowest BCUT2D eigenvalue weighted by molar-refractivity contribution is -0.115. The number of fused-ring (bicyclic) bond motifs is 1. The zero-order chi connectivity index (χ0) is 32.0. The third-order valence-electron chi connectivity index (χ3n) is 7.51. The maximum atomic E-state index is 13.4. The number of hydrogen-bond donors (Lipinski definition) is 1. The second-order valence-corrected chi connectivity index (χ2v) is 12.8. The van der Waals surface area contributed by atoms with Crippen LogP contribution in [0.3, 0.4) is 0 Å². The Bertz CT molecular complexity index is 1790. The fourth-order valence-electron chi connectivity index (χ4n) is 5.33. The van der Waals surface area contributed by atoms with Gasteiger partial charge in [0.15, 0.2) is 0 Å². The van der Waals surface area contributed by atoms with Gasteiger partial charge in [-0.3, -0.25) is 14.1 Å². The Balaban J connectivity index is 1.42. The van der Waals surface area contributed by atoms with E-state index in [-0.39, 0.29) is 19.1 Å². The van der Waals surface area contributed by atoms with Crippen LogP contribution in [-0.2, 0) is 26.1 Å². The zero-order valence-corrected chi connectivity index (χ0v) is 26.3. The van der Waals surface area contributed by atoms with E-state index in [4.69, 9.17) is 9.73 Å². The molecule has 232 valence electrons. The van der Waals surface area contributed by atoms with Crippen LogP contribution in [0.15, 0.2) is 108 Å². The summed E-state index contributed by atoms with van der Waals surface area (Å²) in [5, 5.41) is 2.89. The summed E-state index contributed by atoms with van der Waals surface area (Å²) in [5.74, 6) is -1.43. The number of amides is 1. The molecule has 1 aliphatic heterocycles. The van der Waals surface area contributed by atoms with Crippen molar-refractivity contribution in [3.8, 4) is 0 Å². The number of rotatable bonds is 12. The molecule has 0 radical (unpaired) electrons. The lowest BCUT2D eigenvalue weighted by Gasteiger charge is -2.25. The number of sulfonamides is 1. The Morgan fingerprint density at radius 2 is 1.56 bits per heavy atom. The van der Waals surface area contributed by atoms with Gasteiger partial charge >= 0.3 is 5.97 Å². The number of benzene rings is 4. The maximum absolute atomic E-state index is 13.4. The van der Waals surface area contributed by atoms with Crippen LogP contribution in [0.4, 0.5) is 17.1 Å². The summed E-state index contributed by atoms with van der Waals surface area (Å²) in [7, 11) is -1.58. The average molecular weight is 625 g/mol. The number of nitrogens with one attached hydrogen (secondary N) is 1. The van der Waals surface area contributed by atoms with Gasteiger partial charge in [0.25, 0.3) is 0 Å². The highest BCUT2D eigenvalue weighted by Crippen LogP contribution is 2.37. The topological polar surface area (TPSA) is 108 Å². The number of carbonyl (C=O) groups excluding carboxylic acids is 2. The summed E-state index contributed by atoms with van der Waals surface area (Å²) in [6.07, 6.45) is 1.20. The van der Waals surface area contributed by atoms with Gasteiger partial charge in [0.2, 0.25) is 15.9 Å². The van der Waals surface area contributed by atoms with Gasteiger partial charge in [0.05, 0.1) is 35.5 Å². The van der Waals surface area contributed by atoms with Crippen LogP contribution in [0.1, 0.15) is 39.9 Å². The summed E-state index contributed by atoms with van der Waals surface area (Å²) < 4.78 is 32.1. The van der Waals surface area contributed by atoms with Crippen LogP contribution in [0.25, 0.3) is 0 Å². The van der Waals surface area contributed by atoms with Gasteiger partial charge < -0.3 is 15.0 Å². The van der Waals surface area contributed by atoms with E-state index in [9.17, 15) is 18.0 Å². The maximum Gasteiger partial charge on any atom is 0.338 e. The normalized spacial score (nSPS) is 14.6. The van der Waals surface area contributed by atoms with Crippen LogP contribution < -0.4 is 9.62 Å². The van der Waals surface area contributed by atoms with Gasteiger partial charge in [-0.1, -0.05) is 66.7 Å². The lowest BCUT2D eigenvalue weighted by atomic mass is 9.90. The molecule has 0 bridgehead atoms. The summed E-state index contributed by atoms with van der Waals surface area (Å²) in [4.78, 5) is 32.6. The third-order valence-corrected chi connectivity index (χ3v) is 8.70. The van der Waals surface area contributed by atoms with Crippen LogP contribution in [0.5, 0.6) is 0 Å². The minimum Gasteiger partial charge on any atom is -0.462 e. The van der Waals surface area contributed by atoms with Crippen LogP contribution in [-0.4, -0.2) is 63.9 Å². The van der Waals surface area contributed by atoms with Crippen molar-refractivity contribution in [2.45, 2.75) is 19.4 Å². The van der Waals surface area contributed by atoms with Crippen molar-refractivity contribution in [2.75, 3.05) is 42.6 Å². The van der Waals surface area contributed by atoms with E-state index < -0.39 is 21.9 Å². The first-order valence-corrected chi connectivity index (χ1v) is 16.5. The number of ether oxygens (including phenoxy) is 1. The molecule has 1 heterocycles. The standard InChI is InChI=1S/C35H36N4O5S/c1-4-44-35(41)27-15-20-30-31(23-27)37-34(40)32(30)33(26-13-9-6-10-14-26)36-28-16-18-29(19-17-28)39(45(3,42)43)22-21-38(2)24-25-11-7-5-8-12-25/h5-20,23,32H,4,21-22,24H2,1-3H3,(H,37,40). The number of hydrogen-bond acceptors (Lipinski definition) is 7. The fraction of sp³-hybridized carbons (Fsp3) is 0.229. The lowest BCUT2D eigenvalue weighted by Crippen LogP contribution is -2.36. The van der Waals surface area contributed by atoms with Gasteiger partial charge in [-0.25, -0.2) is 13.2 Å². The molecule has 10 heteroatoms. The van der Waals surface area contributed by atoms with Crippen molar-refractivity contribution >= 4 is 44.7 Å². The molecule has 0 saturated carbocycles. The highest BCUT2D eigenvalue weighted by Gasteiger charge is 2.36. The smallest absolute Gasteiger partial charge is 0.338 e. The van der Waals surface area contributed by atoms with Crippen LogP contribution in [0.2, 0.25) is 0 Å². The second-order valence-electron chi connectivity index (χ2n) is 10.9. The Labute approximate surface area is 264 Å². The van der Waals surface area contributed by atoms with Crippen molar-refractivity contribution in [1.29, 1.82) is 0 Å². The number of esters is 1. The first-order chi connectivity index (χ1) is 21.6. The predicted octanol–water partition coefficient (Wildman–Crippen LogP) is 5.62. The van der Waals surface area contributed by atoms with Crippen molar-refractivity contribution in [1.82, 2.24) is 4.90 Å². The molecule has 4 aromatic rings. The van der Waals surface area contributed by atoms with Crippen molar-refractivity contribution in [2.24, 2.45) is 4.99 Å². The minimum absolute atomic E-state index is 0.252. The molecule has 1 atom stereocenters. The molecule has 0 fully saturated rings. The predicted molar refractivity (Wildman–Crippen MR) is 178 cm³/mol. The Morgan fingerprint density at radius 1 is 0.889 bits per heavy atom. The molecular weight excluding hydrogens is 588 g/mol. The molecule has 0 aromatic heterocycles. The molecule has 1 aliphatic rings. The van der Waals surface area contributed by atoms with E-state index in [1.165, 1.54) is 10.6 Å². The Morgan fingerprint density at radius 3 is 2.20 bits per heavy atom. The molecule has 4 aromatic carbocycles. The van der Waals surface area contributed by atoms with E-state index in [0.29, 0.717) is 47.0 Å². The van der Waals surface area contributed by atoms with Crippen molar-refractivity contribution < 1.29 is 22.7 Å². The monoisotopic (exact) mass is 624 g/mol. The first-order valence-electron chi connectivity index (χ1n) is 14.7. The molecule has 0 saturated heterocycles. The Kier molecular flexibility index (Phi) is 9.75. The van der Waals surface area contributed by atoms with E-state index in [0.717, 1.165) is 11.1 Å². The summed E-state index contributed by atoms with van der Waals surface area (Å²) in [5.41, 5.74) is 5.14. The van der Waals surface area contributed by atoms with E-state index in [1.54, 1.807) is 49.4 Å². The number of carbonyl (C=O) groups is 2. The number of anilines is 2. The largest absolute Gasteiger partial charge is 0.462 e. The van der Waals surface area contributed by atoms with Gasteiger partial charge in [0, 0.05) is 25.3 Å². The molecule has 9 nitrogen and oxygen atoms in total. The van der Waals surface area contributed by atoms with Gasteiger partial charge in [-0.2, -0.15) is 0 Å². The van der Waals surface area contributed by atoms with Crippen LogP contribution >= 0.6 is 0 Å². The van der Waals surface area contributed by atoms with E-state index in [2.05, 4.69) is 10.2 Å². The van der Waals surface area contributed by atoms with Crippen molar-refractivity contribution in [3.63, 3.8) is 0 Å².